The van der Waals surface area contributed by atoms with Crippen LogP contribution in [-0.2, 0) is 16.4 Å². The first kappa shape index (κ1) is 28.8. The van der Waals surface area contributed by atoms with E-state index in [1.54, 1.807) is 31.2 Å². The van der Waals surface area contributed by atoms with Crippen LogP contribution in [-0.4, -0.2) is 50.3 Å². The zero-order valence-electron chi connectivity index (χ0n) is 19.4. The molecular formula is C24H32Cl2N4O4S. The molecule has 0 aliphatic carbocycles. The molecule has 1 unspecified atom stereocenters. The van der Waals surface area contributed by atoms with Gasteiger partial charge in [-0.15, -0.1) is 24.8 Å². The second-order valence-electron chi connectivity index (χ2n) is 8.37. The summed E-state index contributed by atoms with van der Waals surface area (Å²) in [7, 11) is -3.52. The number of amidine groups is 1. The number of halogens is 2. The SMILES string of the molecule is CCS(=O)(=O)N1c2ccc(OC3CCNCC3)cc2CC1/C=C/c1cc(C(=N)N)ccc1O.Cl.Cl. The number of phenols is 1. The lowest BCUT2D eigenvalue weighted by atomic mass is 10.1. The van der Waals surface area contributed by atoms with Crippen LogP contribution in [0.25, 0.3) is 6.08 Å². The third-order valence-corrected chi connectivity index (χ3v) is 7.91. The van der Waals surface area contributed by atoms with Gasteiger partial charge in [0.15, 0.2) is 0 Å². The van der Waals surface area contributed by atoms with Crippen LogP contribution >= 0.6 is 24.8 Å². The molecule has 1 atom stereocenters. The van der Waals surface area contributed by atoms with Gasteiger partial charge in [0, 0.05) is 11.1 Å². The molecule has 0 amide bonds. The Morgan fingerprint density at radius 1 is 1.23 bits per heavy atom. The molecule has 0 radical (unpaired) electrons. The number of fused-ring (bicyclic) bond motifs is 1. The van der Waals surface area contributed by atoms with Crippen LogP contribution in [0.2, 0.25) is 0 Å². The summed E-state index contributed by atoms with van der Waals surface area (Å²) in [6.45, 7) is 3.50. The minimum atomic E-state index is -3.52. The molecule has 4 rings (SSSR count). The lowest BCUT2D eigenvalue weighted by Crippen LogP contribution is -2.37. The van der Waals surface area contributed by atoms with Gasteiger partial charge in [-0.05, 0) is 81.2 Å². The van der Waals surface area contributed by atoms with E-state index < -0.39 is 16.1 Å². The number of hydrogen-bond acceptors (Lipinski definition) is 6. The van der Waals surface area contributed by atoms with Crippen LogP contribution in [0.4, 0.5) is 5.69 Å². The highest BCUT2D eigenvalue weighted by Crippen LogP contribution is 2.38. The number of anilines is 1. The molecule has 1 fully saturated rings. The van der Waals surface area contributed by atoms with E-state index in [1.807, 2.05) is 18.2 Å². The van der Waals surface area contributed by atoms with Crippen molar-refractivity contribution in [2.24, 2.45) is 5.73 Å². The van der Waals surface area contributed by atoms with Crippen LogP contribution in [0, 0.1) is 5.41 Å². The molecule has 35 heavy (non-hydrogen) atoms. The van der Waals surface area contributed by atoms with Gasteiger partial charge in [0.25, 0.3) is 0 Å². The van der Waals surface area contributed by atoms with Crippen LogP contribution in [0.1, 0.15) is 36.5 Å². The van der Waals surface area contributed by atoms with E-state index in [2.05, 4.69) is 5.32 Å². The lowest BCUT2D eigenvalue weighted by Gasteiger charge is -2.25. The third-order valence-electron chi connectivity index (χ3n) is 6.11. The lowest BCUT2D eigenvalue weighted by molar-refractivity contribution is 0.162. The van der Waals surface area contributed by atoms with Crippen LogP contribution < -0.4 is 20.1 Å². The first-order chi connectivity index (χ1) is 15.8. The summed E-state index contributed by atoms with van der Waals surface area (Å²) in [6, 6.07) is 9.83. The number of rotatable bonds is 7. The monoisotopic (exact) mass is 542 g/mol. The summed E-state index contributed by atoms with van der Waals surface area (Å²) >= 11 is 0. The second kappa shape index (κ2) is 12.0. The average molecular weight is 544 g/mol. The zero-order valence-corrected chi connectivity index (χ0v) is 21.9. The Kier molecular flexibility index (Phi) is 9.85. The van der Waals surface area contributed by atoms with Crippen molar-refractivity contribution < 1.29 is 18.3 Å². The number of benzene rings is 2. The molecule has 2 aliphatic heterocycles. The fourth-order valence-electron chi connectivity index (χ4n) is 4.32. The summed E-state index contributed by atoms with van der Waals surface area (Å²) in [4.78, 5) is 0. The van der Waals surface area contributed by atoms with Crippen LogP contribution in [0.5, 0.6) is 11.5 Å². The van der Waals surface area contributed by atoms with Crippen molar-refractivity contribution in [3.8, 4) is 11.5 Å². The second-order valence-corrected chi connectivity index (χ2v) is 10.5. The molecule has 8 nitrogen and oxygen atoms in total. The molecule has 5 N–H and O–H groups in total. The van der Waals surface area contributed by atoms with E-state index >= 15 is 0 Å². The Bertz CT molecular complexity index is 1180. The van der Waals surface area contributed by atoms with E-state index in [9.17, 15) is 13.5 Å². The number of nitrogens with zero attached hydrogens (tertiary/aromatic N) is 1. The van der Waals surface area contributed by atoms with Crippen molar-refractivity contribution in [1.82, 2.24) is 5.32 Å². The molecular weight excluding hydrogens is 511 g/mol. The van der Waals surface area contributed by atoms with Crippen LogP contribution in [0.3, 0.4) is 0 Å². The predicted octanol–water partition coefficient (Wildman–Crippen LogP) is 3.44. The summed E-state index contributed by atoms with van der Waals surface area (Å²) in [6.07, 6.45) is 6.02. The Labute approximate surface area is 218 Å². The maximum atomic E-state index is 13.0. The molecule has 0 spiro atoms. The van der Waals surface area contributed by atoms with E-state index in [0.29, 0.717) is 23.2 Å². The quantitative estimate of drug-likeness (QED) is 0.313. The Morgan fingerprint density at radius 2 is 1.94 bits per heavy atom. The standard InChI is InChI=1S/C24H30N4O4S.2ClH/c1-2-33(30,31)28-19(5-3-16-13-17(24(25)26)4-8-23(16)29)14-18-15-21(6-7-22(18)28)32-20-9-11-27-12-10-20;;/h3-8,13,15,19-20,27,29H,2,9-12,14H2,1H3,(H3,25,26);2*1H/b5-3+;;. The summed E-state index contributed by atoms with van der Waals surface area (Å²) in [5.74, 6) is 0.671. The largest absolute Gasteiger partial charge is 0.507 e. The average Bonchev–Trinajstić information content (AvgIpc) is 3.17. The van der Waals surface area contributed by atoms with Gasteiger partial charge in [0.1, 0.15) is 23.4 Å². The number of ether oxygens (including phenoxy) is 1. The Morgan fingerprint density at radius 3 is 2.60 bits per heavy atom. The Hall–Kier alpha value is -2.46. The number of hydrogen-bond donors (Lipinski definition) is 4. The molecule has 2 aromatic rings. The first-order valence-corrected chi connectivity index (χ1v) is 12.8. The number of piperidine rings is 1. The highest BCUT2D eigenvalue weighted by molar-refractivity contribution is 7.92. The minimum Gasteiger partial charge on any atom is -0.507 e. The molecule has 0 bridgehead atoms. The molecule has 192 valence electrons. The molecule has 1 saturated heterocycles. The van der Waals surface area contributed by atoms with E-state index in [-0.39, 0.29) is 48.3 Å². The highest BCUT2D eigenvalue weighted by atomic mass is 35.5. The summed E-state index contributed by atoms with van der Waals surface area (Å²) < 4.78 is 33.5. The van der Waals surface area contributed by atoms with Gasteiger partial charge in [-0.3, -0.25) is 9.71 Å². The van der Waals surface area contributed by atoms with Gasteiger partial charge in [-0.2, -0.15) is 0 Å². The van der Waals surface area contributed by atoms with Crippen molar-refractivity contribution in [2.45, 2.75) is 38.3 Å². The number of nitrogens with two attached hydrogens (primary N) is 1. The number of sulfonamides is 1. The zero-order chi connectivity index (χ0) is 23.6. The fraction of sp³-hybridized carbons (Fsp3) is 0.375. The van der Waals surface area contributed by atoms with Gasteiger partial charge in [-0.1, -0.05) is 12.2 Å². The Balaban J connectivity index is 0.00000216. The maximum absolute atomic E-state index is 13.0. The maximum Gasteiger partial charge on any atom is 0.235 e. The van der Waals surface area contributed by atoms with Crippen molar-refractivity contribution in [2.75, 3.05) is 23.1 Å². The first-order valence-electron chi connectivity index (χ1n) is 11.2. The minimum absolute atomic E-state index is 0. The summed E-state index contributed by atoms with van der Waals surface area (Å²) in [5.41, 5.74) is 8.09. The van der Waals surface area contributed by atoms with Crippen molar-refractivity contribution >= 4 is 52.4 Å². The van der Waals surface area contributed by atoms with Crippen molar-refractivity contribution in [1.29, 1.82) is 5.41 Å². The fourth-order valence-corrected chi connectivity index (χ4v) is 5.63. The van der Waals surface area contributed by atoms with Crippen molar-refractivity contribution in [3.63, 3.8) is 0 Å². The van der Waals surface area contributed by atoms with Gasteiger partial charge >= 0.3 is 0 Å². The van der Waals surface area contributed by atoms with E-state index in [4.69, 9.17) is 15.9 Å². The van der Waals surface area contributed by atoms with E-state index in [0.717, 1.165) is 37.2 Å². The van der Waals surface area contributed by atoms with Gasteiger partial charge in [-0.25, -0.2) is 8.42 Å². The third kappa shape index (κ3) is 6.41. The number of aromatic hydroxyl groups is 1. The number of nitrogens with one attached hydrogen (secondary N) is 2. The van der Waals surface area contributed by atoms with Crippen LogP contribution in [0.15, 0.2) is 42.5 Å². The molecule has 0 aromatic heterocycles. The van der Waals surface area contributed by atoms with E-state index in [1.165, 1.54) is 10.4 Å². The van der Waals surface area contributed by atoms with Gasteiger partial charge in [0.05, 0.1) is 17.5 Å². The summed E-state index contributed by atoms with van der Waals surface area (Å²) in [5, 5.41) is 21.1. The molecule has 2 aromatic carbocycles. The molecule has 2 heterocycles. The topological polar surface area (TPSA) is 129 Å². The molecule has 0 saturated carbocycles. The van der Waals surface area contributed by atoms with Gasteiger partial charge < -0.3 is 20.9 Å². The predicted molar refractivity (Wildman–Crippen MR) is 145 cm³/mol. The highest BCUT2D eigenvalue weighted by Gasteiger charge is 2.35. The number of phenolic OH excluding ortho intramolecular Hbond substituents is 1. The molecule has 11 heteroatoms. The normalized spacial score (nSPS) is 18.0. The van der Waals surface area contributed by atoms with Crippen molar-refractivity contribution in [3.05, 3.63) is 59.2 Å². The molecule has 2 aliphatic rings. The number of nitrogen functional groups attached to an aromatic ring is 1. The smallest absolute Gasteiger partial charge is 0.235 e. The van der Waals surface area contributed by atoms with Gasteiger partial charge in [0.2, 0.25) is 10.0 Å².